The minimum Gasteiger partial charge on any atom is -0.387 e. The number of hydrogen-bond donors (Lipinski definition) is 3. The molecule has 2 saturated heterocycles. The van der Waals surface area contributed by atoms with Crippen LogP contribution in [0, 0.1) is 5.92 Å². The van der Waals surface area contributed by atoms with Gasteiger partial charge in [0.1, 0.15) is 0 Å². The number of ether oxygens (including phenoxy) is 1. The molecule has 2 heterocycles. The summed E-state index contributed by atoms with van der Waals surface area (Å²) in [4.78, 5) is 9.54. The molecule has 8 heteroatoms. The number of rotatable bonds is 9. The van der Waals surface area contributed by atoms with E-state index in [0.29, 0.717) is 19.6 Å². The molecular weight excluding hydrogens is 529 g/mol. The summed E-state index contributed by atoms with van der Waals surface area (Å²) in [5.74, 6) is 1.61. The Hall–Kier alpha value is -0.940. The van der Waals surface area contributed by atoms with Gasteiger partial charge in [0.25, 0.3) is 0 Å². The van der Waals surface area contributed by atoms with Crippen molar-refractivity contribution >= 4 is 29.9 Å². The lowest BCUT2D eigenvalue weighted by molar-refractivity contribution is -0.0201. The van der Waals surface area contributed by atoms with Gasteiger partial charge in [-0.25, -0.2) is 4.99 Å². The molecule has 7 nitrogen and oxygen atoms in total. The zero-order valence-electron chi connectivity index (χ0n) is 20.7. The fourth-order valence-corrected chi connectivity index (χ4v) is 4.31. The smallest absolute Gasteiger partial charge is 0.191 e. The van der Waals surface area contributed by atoms with E-state index in [1.165, 1.54) is 37.1 Å². The molecule has 0 aromatic heterocycles. The minimum absolute atomic E-state index is 0. The summed E-state index contributed by atoms with van der Waals surface area (Å²) >= 11 is 0. The van der Waals surface area contributed by atoms with E-state index in [-0.39, 0.29) is 24.0 Å². The van der Waals surface area contributed by atoms with Crippen LogP contribution in [0.25, 0.3) is 0 Å². The van der Waals surface area contributed by atoms with Gasteiger partial charge in [0, 0.05) is 39.3 Å². The summed E-state index contributed by atoms with van der Waals surface area (Å²) in [6.45, 7) is 15.4. The number of benzene rings is 1. The van der Waals surface area contributed by atoms with E-state index >= 15 is 0 Å². The van der Waals surface area contributed by atoms with E-state index in [0.717, 1.165) is 51.3 Å². The maximum Gasteiger partial charge on any atom is 0.191 e. The van der Waals surface area contributed by atoms with Crippen molar-refractivity contribution in [3.63, 3.8) is 0 Å². The Balaban J connectivity index is 0.00000385. The average Bonchev–Trinajstić information content (AvgIpc) is 2.79. The van der Waals surface area contributed by atoms with E-state index in [2.05, 4.69) is 58.5 Å². The first-order chi connectivity index (χ1) is 15.4. The standard InChI is InChI=1S/C25H43N5O2.HI/c1-4-26-24(28-19-25(3,31)20-30-13-15-32-16-14-30)27-17-22-5-7-23(8-6-22)18-29-11-9-21(2)10-12-29;/h5-8,21,31H,4,9-20H2,1-3H3,(H2,26,27,28);1H. The van der Waals surface area contributed by atoms with Crippen molar-refractivity contribution in [1.82, 2.24) is 20.4 Å². The molecule has 33 heavy (non-hydrogen) atoms. The lowest BCUT2D eigenvalue weighted by Crippen LogP contribution is -2.52. The summed E-state index contributed by atoms with van der Waals surface area (Å²) in [6, 6.07) is 8.83. The van der Waals surface area contributed by atoms with Gasteiger partial charge in [0.2, 0.25) is 0 Å². The van der Waals surface area contributed by atoms with Gasteiger partial charge in [0.05, 0.1) is 25.4 Å². The Morgan fingerprint density at radius 2 is 1.70 bits per heavy atom. The fraction of sp³-hybridized carbons (Fsp3) is 0.720. The Morgan fingerprint density at radius 3 is 2.33 bits per heavy atom. The summed E-state index contributed by atoms with van der Waals surface area (Å²) in [5.41, 5.74) is 1.73. The van der Waals surface area contributed by atoms with Crippen molar-refractivity contribution < 1.29 is 9.84 Å². The molecule has 0 spiro atoms. The van der Waals surface area contributed by atoms with Crippen LogP contribution >= 0.6 is 24.0 Å². The molecule has 2 aliphatic heterocycles. The second-order valence-electron chi connectivity index (χ2n) is 9.71. The minimum atomic E-state index is -0.832. The molecule has 0 bridgehead atoms. The van der Waals surface area contributed by atoms with Gasteiger partial charge in [-0.3, -0.25) is 9.80 Å². The SMILES string of the molecule is CCNC(=NCc1ccc(CN2CCC(C)CC2)cc1)NCC(C)(O)CN1CCOCC1.I. The highest BCUT2D eigenvalue weighted by atomic mass is 127. The van der Waals surface area contributed by atoms with Crippen LogP contribution in [0.2, 0.25) is 0 Å². The predicted octanol–water partition coefficient (Wildman–Crippen LogP) is 2.67. The Kier molecular flexibility index (Phi) is 12.4. The summed E-state index contributed by atoms with van der Waals surface area (Å²) in [6.07, 6.45) is 2.62. The number of likely N-dealkylation sites (tertiary alicyclic amines) is 1. The largest absolute Gasteiger partial charge is 0.387 e. The monoisotopic (exact) mass is 573 g/mol. The molecule has 1 aromatic rings. The predicted molar refractivity (Wildman–Crippen MR) is 146 cm³/mol. The van der Waals surface area contributed by atoms with E-state index in [1.54, 1.807) is 0 Å². The van der Waals surface area contributed by atoms with Gasteiger partial charge in [0.15, 0.2) is 5.96 Å². The van der Waals surface area contributed by atoms with Crippen LogP contribution in [0.15, 0.2) is 29.3 Å². The number of morpholine rings is 1. The Bertz CT molecular complexity index is 699. The molecule has 3 rings (SSSR count). The molecular formula is C25H44IN5O2. The van der Waals surface area contributed by atoms with Crippen LogP contribution in [-0.4, -0.2) is 85.5 Å². The lowest BCUT2D eigenvalue weighted by Gasteiger charge is -2.34. The topological polar surface area (TPSA) is 72.4 Å². The van der Waals surface area contributed by atoms with Crippen LogP contribution in [0.1, 0.15) is 44.7 Å². The van der Waals surface area contributed by atoms with Gasteiger partial charge in [-0.2, -0.15) is 0 Å². The molecule has 1 aromatic carbocycles. The first kappa shape index (κ1) is 28.3. The first-order valence-electron chi connectivity index (χ1n) is 12.3. The van der Waals surface area contributed by atoms with Gasteiger partial charge in [-0.05, 0) is 56.8 Å². The highest BCUT2D eigenvalue weighted by Gasteiger charge is 2.25. The number of halogens is 1. The average molecular weight is 574 g/mol. The molecule has 0 amide bonds. The van der Waals surface area contributed by atoms with Crippen LogP contribution in [0.5, 0.6) is 0 Å². The second-order valence-corrected chi connectivity index (χ2v) is 9.71. The van der Waals surface area contributed by atoms with Crippen molar-refractivity contribution in [2.45, 2.75) is 52.3 Å². The highest BCUT2D eigenvalue weighted by molar-refractivity contribution is 14.0. The van der Waals surface area contributed by atoms with E-state index in [4.69, 9.17) is 9.73 Å². The molecule has 0 aliphatic carbocycles. The highest BCUT2D eigenvalue weighted by Crippen LogP contribution is 2.18. The number of aliphatic imine (C=N–C) groups is 1. The van der Waals surface area contributed by atoms with E-state index in [1.807, 2.05) is 6.92 Å². The first-order valence-corrected chi connectivity index (χ1v) is 12.3. The third-order valence-electron chi connectivity index (χ3n) is 6.37. The van der Waals surface area contributed by atoms with Crippen molar-refractivity contribution in [3.8, 4) is 0 Å². The molecule has 3 N–H and O–H groups in total. The number of guanidine groups is 1. The van der Waals surface area contributed by atoms with Crippen molar-refractivity contribution in [2.75, 3.05) is 59.0 Å². The molecule has 188 valence electrons. The normalized spacial score (nSPS) is 20.7. The second kappa shape index (κ2) is 14.5. The van der Waals surface area contributed by atoms with E-state index in [9.17, 15) is 5.11 Å². The summed E-state index contributed by atoms with van der Waals surface area (Å²) < 4.78 is 5.40. The number of nitrogens with one attached hydrogen (secondary N) is 2. The maximum absolute atomic E-state index is 10.8. The summed E-state index contributed by atoms with van der Waals surface area (Å²) in [5, 5.41) is 17.4. The van der Waals surface area contributed by atoms with Crippen molar-refractivity contribution in [1.29, 1.82) is 0 Å². The molecule has 1 atom stereocenters. The van der Waals surface area contributed by atoms with Gasteiger partial charge in [-0.15, -0.1) is 24.0 Å². The van der Waals surface area contributed by atoms with Crippen LogP contribution < -0.4 is 10.6 Å². The zero-order chi connectivity index (χ0) is 22.8. The zero-order valence-corrected chi connectivity index (χ0v) is 23.0. The number of nitrogens with zero attached hydrogens (tertiary/aromatic N) is 3. The van der Waals surface area contributed by atoms with Crippen molar-refractivity contribution in [2.24, 2.45) is 10.9 Å². The molecule has 2 aliphatic rings. The maximum atomic E-state index is 10.8. The third kappa shape index (κ3) is 10.5. The third-order valence-corrected chi connectivity index (χ3v) is 6.37. The van der Waals surface area contributed by atoms with Gasteiger partial charge >= 0.3 is 0 Å². The van der Waals surface area contributed by atoms with E-state index < -0.39 is 5.60 Å². The lowest BCUT2D eigenvalue weighted by atomic mass is 9.99. The molecule has 0 radical (unpaired) electrons. The van der Waals surface area contributed by atoms with Crippen LogP contribution in [0.4, 0.5) is 0 Å². The summed E-state index contributed by atoms with van der Waals surface area (Å²) in [7, 11) is 0. The molecule has 1 unspecified atom stereocenters. The Morgan fingerprint density at radius 1 is 1.06 bits per heavy atom. The molecule has 0 saturated carbocycles. The number of hydrogen-bond acceptors (Lipinski definition) is 5. The molecule has 2 fully saturated rings. The quantitative estimate of drug-likeness (QED) is 0.240. The van der Waals surface area contributed by atoms with Gasteiger partial charge in [-0.1, -0.05) is 31.2 Å². The van der Waals surface area contributed by atoms with Crippen LogP contribution in [-0.2, 0) is 17.8 Å². The van der Waals surface area contributed by atoms with Gasteiger partial charge < -0.3 is 20.5 Å². The Labute approximate surface area is 217 Å². The van der Waals surface area contributed by atoms with Crippen LogP contribution in [0.3, 0.4) is 0 Å². The van der Waals surface area contributed by atoms with Crippen molar-refractivity contribution in [3.05, 3.63) is 35.4 Å². The number of piperidine rings is 1. The number of aliphatic hydroxyl groups is 1. The fourth-order valence-electron chi connectivity index (χ4n) is 4.31. The number of β-amino-alcohol motifs (C(OH)–C–C–N with tert-alkyl or cyclic N) is 1.